The van der Waals surface area contributed by atoms with Crippen molar-refractivity contribution < 1.29 is 8.42 Å². The lowest BCUT2D eigenvalue weighted by Gasteiger charge is -2.12. The van der Waals surface area contributed by atoms with Crippen molar-refractivity contribution in [2.75, 3.05) is 0 Å². The van der Waals surface area contributed by atoms with Crippen molar-refractivity contribution in [1.29, 1.82) is 0 Å². The van der Waals surface area contributed by atoms with E-state index in [-0.39, 0.29) is 16.2 Å². The molecule has 7 heteroatoms. The number of aryl methyl sites for hydroxylation is 1. The maximum Gasteiger partial charge on any atom is 0.261 e. The van der Waals surface area contributed by atoms with E-state index in [0.29, 0.717) is 0 Å². The average molecular weight is 280 g/mol. The summed E-state index contributed by atoms with van der Waals surface area (Å²) in [5, 5.41) is 0.0187. The number of nitrogens with one attached hydrogen (secondary N) is 1. The zero-order valence-electron chi connectivity index (χ0n) is 10.3. The lowest BCUT2D eigenvalue weighted by atomic mass is 10.2. The summed E-state index contributed by atoms with van der Waals surface area (Å²) in [5.74, 6) is 0. The molecule has 1 heterocycles. The summed E-state index contributed by atoms with van der Waals surface area (Å²) in [7, 11) is -1.97. The zero-order valence-corrected chi connectivity index (χ0v) is 11.8. The molecule has 1 rings (SSSR count). The summed E-state index contributed by atoms with van der Waals surface area (Å²) in [4.78, 5) is 3.80. The fourth-order valence-electron chi connectivity index (χ4n) is 1.46. The Morgan fingerprint density at radius 1 is 1.59 bits per heavy atom. The quantitative estimate of drug-likeness (QED) is 0.865. The molecule has 98 valence electrons. The predicted octanol–water partition coefficient (Wildman–Crippen LogP) is 1.93. The minimum atomic E-state index is -3.61. The first kappa shape index (κ1) is 14.5. The van der Waals surface area contributed by atoms with Crippen LogP contribution in [0.4, 0.5) is 0 Å². The third-order valence-electron chi connectivity index (χ3n) is 2.44. The first-order valence-corrected chi connectivity index (χ1v) is 7.43. The normalized spacial score (nSPS) is 13.9. The molecule has 0 amide bonds. The Balaban J connectivity index is 2.79. The van der Waals surface area contributed by atoms with E-state index < -0.39 is 10.0 Å². The maximum atomic E-state index is 12.0. The first-order valence-electron chi connectivity index (χ1n) is 5.57. The predicted molar refractivity (Wildman–Crippen MR) is 67.5 cm³/mol. The maximum absolute atomic E-state index is 12.0. The lowest BCUT2D eigenvalue weighted by Crippen LogP contribution is -2.33. The van der Waals surface area contributed by atoms with Crippen LogP contribution in [-0.4, -0.2) is 24.0 Å². The van der Waals surface area contributed by atoms with Crippen LogP contribution < -0.4 is 4.72 Å². The van der Waals surface area contributed by atoms with Gasteiger partial charge in [0.1, 0.15) is 5.15 Å². The van der Waals surface area contributed by atoms with E-state index in [0.717, 1.165) is 19.3 Å². The highest BCUT2D eigenvalue weighted by Gasteiger charge is 2.23. The van der Waals surface area contributed by atoms with Gasteiger partial charge in [0.25, 0.3) is 10.0 Å². The fraction of sp³-hybridized carbons (Fsp3) is 0.700. The second kappa shape index (κ2) is 5.84. The van der Waals surface area contributed by atoms with Crippen LogP contribution in [0.25, 0.3) is 0 Å². The third kappa shape index (κ3) is 3.69. The Labute approximate surface area is 107 Å². The molecule has 1 N–H and O–H groups in total. The molecule has 1 atom stereocenters. The van der Waals surface area contributed by atoms with Crippen LogP contribution in [0.1, 0.15) is 33.1 Å². The molecule has 0 fully saturated rings. The van der Waals surface area contributed by atoms with Crippen molar-refractivity contribution >= 4 is 21.6 Å². The average Bonchev–Trinajstić information content (AvgIpc) is 2.56. The van der Waals surface area contributed by atoms with Crippen molar-refractivity contribution in [2.45, 2.75) is 44.2 Å². The summed E-state index contributed by atoms with van der Waals surface area (Å²) in [5.41, 5.74) is 0. The number of aromatic nitrogens is 2. The topological polar surface area (TPSA) is 64.0 Å². The zero-order chi connectivity index (χ0) is 13.1. The molecule has 0 saturated heterocycles. The largest absolute Gasteiger partial charge is 0.324 e. The smallest absolute Gasteiger partial charge is 0.261 e. The summed E-state index contributed by atoms with van der Waals surface area (Å²) in [6.07, 6.45) is 4.21. The third-order valence-corrected chi connectivity index (χ3v) is 4.51. The highest BCUT2D eigenvalue weighted by Crippen LogP contribution is 2.18. The van der Waals surface area contributed by atoms with Gasteiger partial charge in [-0.2, -0.15) is 0 Å². The van der Waals surface area contributed by atoms with Gasteiger partial charge in [0.15, 0.2) is 0 Å². The first-order chi connectivity index (χ1) is 7.88. The second-order valence-electron chi connectivity index (χ2n) is 4.12. The molecule has 0 bridgehead atoms. The summed E-state index contributed by atoms with van der Waals surface area (Å²) >= 11 is 5.86. The number of sulfonamides is 1. The SMILES string of the molecule is CCCCC(C)NS(=O)(=O)c1ncn(C)c1Cl. The second-order valence-corrected chi connectivity index (χ2v) is 6.10. The highest BCUT2D eigenvalue weighted by atomic mass is 35.5. The van der Waals surface area contributed by atoms with E-state index in [2.05, 4.69) is 16.6 Å². The van der Waals surface area contributed by atoms with Gasteiger partial charge in [-0.1, -0.05) is 31.4 Å². The van der Waals surface area contributed by atoms with Gasteiger partial charge in [-0.3, -0.25) is 0 Å². The van der Waals surface area contributed by atoms with Gasteiger partial charge < -0.3 is 4.57 Å². The molecule has 0 radical (unpaired) electrons. The molecule has 1 aromatic heterocycles. The summed E-state index contributed by atoms with van der Waals surface area (Å²) < 4.78 is 28.0. The van der Waals surface area contributed by atoms with Gasteiger partial charge in [0, 0.05) is 13.1 Å². The Morgan fingerprint density at radius 3 is 2.71 bits per heavy atom. The molecule has 1 unspecified atom stereocenters. The molecule has 0 aliphatic carbocycles. The molecule has 0 spiro atoms. The summed E-state index contributed by atoms with van der Waals surface area (Å²) in [6.45, 7) is 3.90. The van der Waals surface area contributed by atoms with Crippen LogP contribution in [0.2, 0.25) is 5.15 Å². The van der Waals surface area contributed by atoms with Crippen molar-refractivity contribution in [3.8, 4) is 0 Å². The molecular formula is C10H18ClN3O2S. The Morgan fingerprint density at radius 2 is 2.24 bits per heavy atom. The van der Waals surface area contributed by atoms with Crippen molar-refractivity contribution in [3.63, 3.8) is 0 Å². The number of hydrogen-bond acceptors (Lipinski definition) is 3. The van der Waals surface area contributed by atoms with Crippen LogP contribution in [0.5, 0.6) is 0 Å². The van der Waals surface area contributed by atoms with E-state index in [1.54, 1.807) is 7.05 Å². The van der Waals surface area contributed by atoms with Crippen LogP contribution >= 0.6 is 11.6 Å². The number of halogens is 1. The van der Waals surface area contributed by atoms with Crippen molar-refractivity contribution in [2.24, 2.45) is 7.05 Å². The number of nitrogens with zero attached hydrogens (tertiary/aromatic N) is 2. The number of unbranched alkanes of at least 4 members (excludes halogenated alkanes) is 1. The van der Waals surface area contributed by atoms with E-state index in [4.69, 9.17) is 11.6 Å². The van der Waals surface area contributed by atoms with E-state index in [1.165, 1.54) is 10.9 Å². The minimum absolute atomic E-state index is 0.106. The van der Waals surface area contributed by atoms with E-state index in [9.17, 15) is 8.42 Å². The molecule has 0 saturated carbocycles. The standard InChI is InChI=1S/C10H18ClN3O2S/c1-4-5-6-8(2)13-17(15,16)10-9(11)14(3)7-12-10/h7-8,13H,4-6H2,1-3H3. The lowest BCUT2D eigenvalue weighted by molar-refractivity contribution is 0.532. The van der Waals surface area contributed by atoms with Crippen molar-refractivity contribution in [3.05, 3.63) is 11.5 Å². The fourth-order valence-corrected chi connectivity index (χ4v) is 3.17. The van der Waals surface area contributed by atoms with Gasteiger partial charge in [-0.15, -0.1) is 0 Å². The van der Waals surface area contributed by atoms with Gasteiger partial charge in [0.2, 0.25) is 5.03 Å². The van der Waals surface area contributed by atoms with Crippen LogP contribution in [0.15, 0.2) is 11.4 Å². The molecule has 0 aromatic carbocycles. The molecule has 17 heavy (non-hydrogen) atoms. The Hall–Kier alpha value is -0.590. The Bertz CT molecular complexity index is 470. The minimum Gasteiger partial charge on any atom is -0.324 e. The van der Waals surface area contributed by atoms with Crippen molar-refractivity contribution in [1.82, 2.24) is 14.3 Å². The highest BCUT2D eigenvalue weighted by molar-refractivity contribution is 7.89. The number of hydrogen-bond donors (Lipinski definition) is 1. The molecular weight excluding hydrogens is 262 g/mol. The monoisotopic (exact) mass is 279 g/mol. The molecule has 0 aliphatic rings. The van der Waals surface area contributed by atoms with Gasteiger partial charge in [-0.25, -0.2) is 18.1 Å². The number of imidazole rings is 1. The van der Waals surface area contributed by atoms with Gasteiger partial charge in [-0.05, 0) is 13.3 Å². The van der Waals surface area contributed by atoms with Gasteiger partial charge >= 0.3 is 0 Å². The molecule has 5 nitrogen and oxygen atoms in total. The Kier molecular flexibility index (Phi) is 4.97. The van der Waals surface area contributed by atoms with Crippen LogP contribution in [-0.2, 0) is 17.1 Å². The van der Waals surface area contributed by atoms with E-state index in [1.807, 2.05) is 6.92 Å². The van der Waals surface area contributed by atoms with E-state index >= 15 is 0 Å². The number of rotatable bonds is 6. The molecule has 0 aliphatic heterocycles. The molecule has 1 aromatic rings. The van der Waals surface area contributed by atoms with Crippen LogP contribution in [0, 0.1) is 0 Å². The summed E-state index contributed by atoms with van der Waals surface area (Å²) in [6, 6.07) is -0.113. The van der Waals surface area contributed by atoms with Crippen LogP contribution in [0.3, 0.4) is 0 Å². The van der Waals surface area contributed by atoms with Gasteiger partial charge in [0.05, 0.1) is 6.33 Å².